The third kappa shape index (κ3) is 4.62. The van der Waals surface area contributed by atoms with E-state index in [9.17, 15) is 26.7 Å². The van der Waals surface area contributed by atoms with Crippen molar-refractivity contribution >= 4 is 25.6 Å². The van der Waals surface area contributed by atoms with E-state index in [-0.39, 0.29) is 36.3 Å². The van der Waals surface area contributed by atoms with Gasteiger partial charge in [-0.3, -0.25) is 0 Å². The van der Waals surface area contributed by atoms with Gasteiger partial charge in [0.25, 0.3) is 0 Å². The van der Waals surface area contributed by atoms with Crippen LogP contribution in [0.25, 0.3) is 11.1 Å². The molecule has 0 saturated carbocycles. The second kappa shape index (κ2) is 9.13. The number of carboxylic acids is 1. The van der Waals surface area contributed by atoms with E-state index < -0.39 is 25.6 Å². The summed E-state index contributed by atoms with van der Waals surface area (Å²) in [5.41, 5.74) is 1.92. The summed E-state index contributed by atoms with van der Waals surface area (Å²) in [5, 5.41) is 9.68. The Bertz CT molecular complexity index is 1640. The van der Waals surface area contributed by atoms with E-state index in [2.05, 4.69) is 0 Å². The molecular weight excluding hydrogens is 484 g/mol. The SMILES string of the molecule is Cc1ccc(S(=O)(=O)c2ccc(-c3ccccc3C(=O)O)c(S(=O)(=O)c3ccc(C)cc3)c2)cc1. The van der Waals surface area contributed by atoms with Crippen LogP contribution in [0.4, 0.5) is 0 Å². The highest BCUT2D eigenvalue weighted by Gasteiger charge is 2.28. The molecule has 0 aromatic heterocycles. The molecule has 0 unspecified atom stereocenters. The zero-order valence-electron chi connectivity index (χ0n) is 19.0. The molecule has 0 atom stereocenters. The van der Waals surface area contributed by atoms with Gasteiger partial charge in [0.2, 0.25) is 19.7 Å². The highest BCUT2D eigenvalue weighted by atomic mass is 32.2. The summed E-state index contributed by atoms with van der Waals surface area (Å²) >= 11 is 0. The van der Waals surface area contributed by atoms with Crippen LogP contribution in [0.3, 0.4) is 0 Å². The molecule has 0 aliphatic carbocycles. The summed E-state index contributed by atoms with van der Waals surface area (Å²) in [6.45, 7) is 3.65. The van der Waals surface area contributed by atoms with Crippen LogP contribution in [-0.2, 0) is 19.7 Å². The number of hydrogen-bond donors (Lipinski definition) is 1. The van der Waals surface area contributed by atoms with Crippen LogP contribution >= 0.6 is 0 Å². The molecule has 1 N–H and O–H groups in total. The van der Waals surface area contributed by atoms with Gasteiger partial charge in [0, 0.05) is 5.56 Å². The third-order valence-electron chi connectivity index (χ3n) is 5.66. The fourth-order valence-corrected chi connectivity index (χ4v) is 6.58. The van der Waals surface area contributed by atoms with Crippen molar-refractivity contribution < 1.29 is 26.7 Å². The molecule has 0 spiro atoms. The maximum atomic E-state index is 13.7. The van der Waals surface area contributed by atoms with Crippen molar-refractivity contribution in [1.29, 1.82) is 0 Å². The zero-order valence-corrected chi connectivity index (χ0v) is 20.6. The summed E-state index contributed by atoms with van der Waals surface area (Å²) in [5.74, 6) is -1.23. The van der Waals surface area contributed by atoms with E-state index >= 15 is 0 Å². The number of carbonyl (C=O) groups is 1. The Kier molecular flexibility index (Phi) is 6.36. The van der Waals surface area contributed by atoms with Crippen LogP contribution in [0.5, 0.6) is 0 Å². The Morgan fingerprint density at radius 2 is 1.09 bits per heavy atom. The molecule has 0 aliphatic heterocycles. The molecular formula is C27H22O6S2. The van der Waals surface area contributed by atoms with Crippen molar-refractivity contribution in [3.8, 4) is 11.1 Å². The lowest BCUT2D eigenvalue weighted by atomic mass is 10.00. The van der Waals surface area contributed by atoms with Crippen molar-refractivity contribution in [2.45, 2.75) is 33.4 Å². The molecule has 0 radical (unpaired) electrons. The molecule has 0 fully saturated rings. The first-order chi connectivity index (χ1) is 16.5. The van der Waals surface area contributed by atoms with Crippen LogP contribution in [0, 0.1) is 13.8 Å². The van der Waals surface area contributed by atoms with Gasteiger partial charge in [-0.15, -0.1) is 0 Å². The molecule has 0 heterocycles. The van der Waals surface area contributed by atoms with Gasteiger partial charge in [-0.2, -0.15) is 0 Å². The Hall–Kier alpha value is -3.75. The lowest BCUT2D eigenvalue weighted by Crippen LogP contribution is -2.09. The van der Waals surface area contributed by atoms with E-state index in [0.29, 0.717) is 0 Å². The van der Waals surface area contributed by atoms with Gasteiger partial charge in [-0.1, -0.05) is 59.7 Å². The average Bonchev–Trinajstić information content (AvgIpc) is 2.84. The number of rotatable bonds is 6. The normalized spacial score (nSPS) is 11.8. The van der Waals surface area contributed by atoms with E-state index in [4.69, 9.17) is 0 Å². The van der Waals surface area contributed by atoms with Gasteiger partial charge in [0.05, 0.1) is 25.1 Å². The number of sulfone groups is 2. The van der Waals surface area contributed by atoms with E-state index in [1.807, 2.05) is 13.8 Å². The molecule has 0 aliphatic rings. The zero-order chi connectivity index (χ0) is 25.4. The summed E-state index contributed by atoms with van der Waals surface area (Å²) in [7, 11) is -8.24. The van der Waals surface area contributed by atoms with E-state index in [1.54, 1.807) is 30.3 Å². The summed E-state index contributed by atoms with van der Waals surface area (Å²) in [6.07, 6.45) is 0. The van der Waals surface area contributed by atoms with Gasteiger partial charge in [0.1, 0.15) is 0 Å². The van der Waals surface area contributed by atoms with Crippen LogP contribution in [0.2, 0.25) is 0 Å². The van der Waals surface area contributed by atoms with Crippen LogP contribution < -0.4 is 0 Å². The van der Waals surface area contributed by atoms with Crippen molar-refractivity contribution in [2.24, 2.45) is 0 Å². The second-order valence-electron chi connectivity index (χ2n) is 8.14. The van der Waals surface area contributed by atoms with Crippen molar-refractivity contribution in [3.05, 3.63) is 108 Å². The van der Waals surface area contributed by atoms with Gasteiger partial charge < -0.3 is 5.11 Å². The smallest absolute Gasteiger partial charge is 0.336 e. The second-order valence-corrected chi connectivity index (χ2v) is 12.0. The Labute approximate surface area is 204 Å². The first kappa shape index (κ1) is 24.4. The maximum Gasteiger partial charge on any atom is 0.336 e. The Morgan fingerprint density at radius 1 is 0.600 bits per heavy atom. The molecule has 0 amide bonds. The number of benzene rings is 4. The predicted molar refractivity (Wildman–Crippen MR) is 132 cm³/mol. The minimum atomic E-state index is -4.21. The number of carboxylic acid groups (broad SMARTS) is 1. The fraction of sp³-hybridized carbons (Fsp3) is 0.0741. The standard InChI is InChI=1S/C27H22O6S2/c1-18-7-11-20(12-8-18)34(30,31)22-15-16-24(23-5-3-4-6-25(23)27(28)29)26(17-22)35(32,33)21-13-9-19(2)10-14-21/h3-17H,1-2H3,(H,28,29). The van der Waals surface area contributed by atoms with Gasteiger partial charge in [-0.25, -0.2) is 21.6 Å². The van der Waals surface area contributed by atoms with Crippen LogP contribution in [-0.4, -0.2) is 27.9 Å². The summed E-state index contributed by atoms with van der Waals surface area (Å²) in [6, 6.07) is 22.2. The van der Waals surface area contributed by atoms with Gasteiger partial charge in [-0.05, 0) is 61.9 Å². The molecule has 178 valence electrons. The summed E-state index contributed by atoms with van der Waals surface area (Å²) in [4.78, 5) is 11.4. The quantitative estimate of drug-likeness (QED) is 0.379. The number of hydrogen-bond acceptors (Lipinski definition) is 5. The van der Waals surface area contributed by atoms with E-state index in [1.165, 1.54) is 54.6 Å². The van der Waals surface area contributed by atoms with Crippen molar-refractivity contribution in [1.82, 2.24) is 0 Å². The Balaban J connectivity index is 2.01. The molecule has 4 aromatic carbocycles. The minimum absolute atomic E-state index is 0.0259. The lowest BCUT2D eigenvalue weighted by Gasteiger charge is -2.15. The van der Waals surface area contributed by atoms with Crippen LogP contribution in [0.1, 0.15) is 21.5 Å². The largest absolute Gasteiger partial charge is 0.478 e. The molecule has 4 aromatic rings. The van der Waals surface area contributed by atoms with E-state index in [0.717, 1.165) is 17.2 Å². The molecule has 35 heavy (non-hydrogen) atoms. The van der Waals surface area contributed by atoms with Crippen LogP contribution in [0.15, 0.2) is 111 Å². The molecule has 4 rings (SSSR count). The number of aryl methyl sites for hydroxylation is 2. The van der Waals surface area contributed by atoms with Crippen molar-refractivity contribution in [2.75, 3.05) is 0 Å². The summed E-state index contributed by atoms with van der Waals surface area (Å²) < 4.78 is 54.2. The highest BCUT2D eigenvalue weighted by molar-refractivity contribution is 7.92. The first-order valence-electron chi connectivity index (χ1n) is 10.6. The highest BCUT2D eigenvalue weighted by Crippen LogP contribution is 2.36. The predicted octanol–water partition coefficient (Wildman–Crippen LogP) is 5.33. The monoisotopic (exact) mass is 506 g/mol. The molecule has 8 heteroatoms. The first-order valence-corrected chi connectivity index (χ1v) is 13.6. The maximum absolute atomic E-state index is 13.7. The van der Waals surface area contributed by atoms with Crippen molar-refractivity contribution in [3.63, 3.8) is 0 Å². The lowest BCUT2D eigenvalue weighted by molar-refractivity contribution is 0.0697. The molecule has 0 bridgehead atoms. The Morgan fingerprint density at radius 3 is 1.63 bits per heavy atom. The third-order valence-corrected chi connectivity index (χ3v) is 9.24. The molecule has 6 nitrogen and oxygen atoms in total. The number of aromatic carboxylic acids is 1. The molecule has 0 saturated heterocycles. The average molecular weight is 507 g/mol. The fourth-order valence-electron chi connectivity index (χ4n) is 3.72. The minimum Gasteiger partial charge on any atom is -0.478 e. The van der Waals surface area contributed by atoms with Gasteiger partial charge in [0.15, 0.2) is 0 Å². The van der Waals surface area contributed by atoms with Gasteiger partial charge >= 0.3 is 5.97 Å². The topological polar surface area (TPSA) is 106 Å².